The fourth-order valence-electron chi connectivity index (χ4n) is 4.58. The third-order valence-electron chi connectivity index (χ3n) is 6.45. The van der Waals surface area contributed by atoms with Crippen molar-refractivity contribution in [3.63, 3.8) is 0 Å². The van der Waals surface area contributed by atoms with Crippen molar-refractivity contribution in [3.8, 4) is 0 Å². The summed E-state index contributed by atoms with van der Waals surface area (Å²) in [6, 6.07) is 7.96. The summed E-state index contributed by atoms with van der Waals surface area (Å²) in [6.07, 6.45) is 1.41. The molecule has 2 aliphatic rings. The lowest BCUT2D eigenvalue weighted by Crippen LogP contribution is -2.13. The molecule has 2 heterocycles. The van der Waals surface area contributed by atoms with Gasteiger partial charge in [-0.1, -0.05) is 0 Å². The molecule has 2 aromatic carbocycles. The van der Waals surface area contributed by atoms with E-state index < -0.39 is 21.8 Å². The zero-order valence-corrected chi connectivity index (χ0v) is 19.5. The average molecular weight is 502 g/mol. The molecule has 0 spiro atoms. The molecule has 35 heavy (non-hydrogen) atoms. The summed E-state index contributed by atoms with van der Waals surface area (Å²) < 4.78 is 66.6. The lowest BCUT2D eigenvalue weighted by molar-refractivity contribution is -0.137. The largest absolute Gasteiger partial charge is 0.416 e. The Morgan fingerprint density at radius 1 is 1.03 bits per heavy atom. The van der Waals surface area contributed by atoms with E-state index in [0.29, 0.717) is 16.8 Å². The summed E-state index contributed by atoms with van der Waals surface area (Å²) in [5.41, 5.74) is 4.76. The fraction of sp³-hybridized carbons (Fsp3) is 0.240. The van der Waals surface area contributed by atoms with E-state index in [1.165, 1.54) is 29.5 Å². The first-order chi connectivity index (χ1) is 16.5. The number of fused-ring (bicyclic) bond motifs is 2. The summed E-state index contributed by atoms with van der Waals surface area (Å²) in [6.45, 7) is 2.01. The minimum absolute atomic E-state index is 0.00365. The molecule has 0 saturated carbocycles. The molecule has 5 rings (SSSR count). The van der Waals surface area contributed by atoms with Gasteiger partial charge in [-0.15, -0.1) is 0 Å². The Morgan fingerprint density at radius 3 is 2.43 bits per heavy atom. The van der Waals surface area contributed by atoms with Crippen molar-refractivity contribution >= 4 is 39.0 Å². The first-order valence-electron chi connectivity index (χ1n) is 11.1. The van der Waals surface area contributed by atoms with Gasteiger partial charge in [0.1, 0.15) is 0 Å². The molecular weight excluding hydrogens is 479 g/mol. The Kier molecular flexibility index (Phi) is 5.51. The Labute approximate surface area is 200 Å². The van der Waals surface area contributed by atoms with Crippen LogP contribution in [0.2, 0.25) is 0 Å². The normalized spacial score (nSPS) is 16.7. The van der Waals surface area contributed by atoms with E-state index in [1.807, 2.05) is 6.92 Å². The van der Waals surface area contributed by atoms with Gasteiger partial charge in [0.2, 0.25) is 0 Å². The Morgan fingerprint density at radius 2 is 1.74 bits per heavy atom. The standard InChI is InChI=1S/C25H22F3N3O3S/c1-14-18-4-2-3-5-21(18)29-23(14)13-20-19-12-17(10-11-22(19)30-24(20)32)35(33,34)31-16-8-6-15(7-9-16)25(26,27)28/h6-13,29,31H,2-5H2,1H3,(H,30,32). The third kappa shape index (κ3) is 4.34. The number of aryl methyl sites for hydroxylation is 1. The van der Waals surface area contributed by atoms with Gasteiger partial charge in [-0.05, 0) is 92.3 Å². The van der Waals surface area contributed by atoms with Crippen LogP contribution in [0.5, 0.6) is 0 Å². The van der Waals surface area contributed by atoms with E-state index in [2.05, 4.69) is 15.0 Å². The van der Waals surface area contributed by atoms with Crippen LogP contribution < -0.4 is 10.0 Å². The van der Waals surface area contributed by atoms with Gasteiger partial charge in [-0.2, -0.15) is 13.2 Å². The number of halogens is 3. The van der Waals surface area contributed by atoms with Gasteiger partial charge in [0.15, 0.2) is 0 Å². The Hall–Kier alpha value is -3.53. The average Bonchev–Trinajstić information content (AvgIpc) is 3.29. The lowest BCUT2D eigenvalue weighted by Gasteiger charge is -2.11. The lowest BCUT2D eigenvalue weighted by atomic mass is 9.95. The predicted octanol–water partition coefficient (Wildman–Crippen LogP) is 5.51. The minimum atomic E-state index is -4.52. The van der Waals surface area contributed by atoms with Crippen LogP contribution in [-0.4, -0.2) is 19.3 Å². The molecule has 0 radical (unpaired) electrons. The number of hydrogen-bond donors (Lipinski definition) is 3. The van der Waals surface area contributed by atoms with Crippen molar-refractivity contribution in [2.24, 2.45) is 0 Å². The molecule has 6 nitrogen and oxygen atoms in total. The maximum atomic E-state index is 13.0. The van der Waals surface area contributed by atoms with Crippen molar-refractivity contribution in [3.05, 3.63) is 76.1 Å². The highest BCUT2D eigenvalue weighted by atomic mass is 32.2. The third-order valence-corrected chi connectivity index (χ3v) is 7.83. The van der Waals surface area contributed by atoms with Crippen molar-refractivity contribution in [1.29, 1.82) is 0 Å². The number of rotatable bonds is 4. The van der Waals surface area contributed by atoms with E-state index in [4.69, 9.17) is 0 Å². The van der Waals surface area contributed by atoms with Crippen molar-refractivity contribution in [1.82, 2.24) is 4.98 Å². The molecule has 0 fully saturated rings. The van der Waals surface area contributed by atoms with E-state index >= 15 is 0 Å². The molecule has 0 atom stereocenters. The summed E-state index contributed by atoms with van der Waals surface area (Å²) in [4.78, 5) is 16.0. The fourth-order valence-corrected chi connectivity index (χ4v) is 5.67. The number of aromatic nitrogens is 1. The highest BCUT2D eigenvalue weighted by Gasteiger charge is 2.31. The van der Waals surface area contributed by atoms with Crippen LogP contribution in [0.15, 0.2) is 47.4 Å². The van der Waals surface area contributed by atoms with Gasteiger partial charge < -0.3 is 10.3 Å². The number of sulfonamides is 1. The number of carbonyl (C=O) groups is 1. The van der Waals surface area contributed by atoms with Gasteiger partial charge in [0, 0.05) is 28.3 Å². The van der Waals surface area contributed by atoms with E-state index in [1.54, 1.807) is 6.08 Å². The maximum absolute atomic E-state index is 13.0. The number of amides is 1. The molecule has 3 N–H and O–H groups in total. The van der Waals surface area contributed by atoms with Crippen LogP contribution in [0.3, 0.4) is 0 Å². The summed E-state index contributed by atoms with van der Waals surface area (Å²) in [5, 5.41) is 2.75. The first-order valence-corrected chi connectivity index (χ1v) is 12.6. The molecule has 0 unspecified atom stereocenters. The van der Waals surface area contributed by atoms with Crippen LogP contribution >= 0.6 is 0 Å². The number of benzene rings is 2. The van der Waals surface area contributed by atoms with Crippen LogP contribution in [0, 0.1) is 6.92 Å². The van der Waals surface area contributed by atoms with Crippen LogP contribution in [0.4, 0.5) is 24.5 Å². The van der Waals surface area contributed by atoms with Crippen LogP contribution in [-0.2, 0) is 33.8 Å². The summed E-state index contributed by atoms with van der Waals surface area (Å²) in [7, 11) is -4.11. The van der Waals surface area contributed by atoms with Crippen molar-refractivity contribution in [2.45, 2.75) is 43.7 Å². The smallest absolute Gasteiger partial charge is 0.358 e. The number of aromatic amines is 1. The zero-order valence-electron chi connectivity index (χ0n) is 18.7. The highest BCUT2D eigenvalue weighted by Crippen LogP contribution is 2.37. The Balaban J connectivity index is 1.47. The molecule has 3 aromatic rings. The molecule has 10 heteroatoms. The second kappa shape index (κ2) is 8.30. The van der Waals surface area contributed by atoms with Crippen molar-refractivity contribution < 1.29 is 26.4 Å². The van der Waals surface area contributed by atoms with Gasteiger partial charge in [0.05, 0.1) is 16.0 Å². The van der Waals surface area contributed by atoms with Gasteiger partial charge in [0.25, 0.3) is 15.9 Å². The Bertz CT molecular complexity index is 1470. The summed E-state index contributed by atoms with van der Waals surface area (Å²) >= 11 is 0. The molecule has 0 saturated heterocycles. The first kappa shape index (κ1) is 23.2. The molecule has 1 aliphatic heterocycles. The number of nitrogens with one attached hydrogen (secondary N) is 3. The molecule has 1 aromatic heterocycles. The SMILES string of the molecule is Cc1c(C=C2C(=O)Nc3ccc(S(=O)(=O)Nc4ccc(C(F)(F)F)cc4)cc32)[nH]c2c1CCCC2. The van der Waals surface area contributed by atoms with Crippen molar-refractivity contribution in [2.75, 3.05) is 10.0 Å². The predicted molar refractivity (Wildman–Crippen MR) is 127 cm³/mol. The van der Waals surface area contributed by atoms with Crippen LogP contribution in [0.1, 0.15) is 46.5 Å². The number of hydrogen-bond acceptors (Lipinski definition) is 3. The highest BCUT2D eigenvalue weighted by molar-refractivity contribution is 7.92. The molecule has 1 amide bonds. The number of anilines is 2. The van der Waals surface area contributed by atoms with Gasteiger partial charge >= 0.3 is 6.18 Å². The molecule has 1 aliphatic carbocycles. The quantitative estimate of drug-likeness (QED) is 0.412. The number of H-pyrrole nitrogens is 1. The molecule has 0 bridgehead atoms. The monoisotopic (exact) mass is 501 g/mol. The number of carbonyl (C=O) groups excluding carboxylic acids is 1. The van der Waals surface area contributed by atoms with Gasteiger partial charge in [-0.25, -0.2) is 8.42 Å². The summed E-state index contributed by atoms with van der Waals surface area (Å²) in [5.74, 6) is -0.336. The molecular formula is C25H22F3N3O3S. The van der Waals surface area contributed by atoms with E-state index in [9.17, 15) is 26.4 Å². The van der Waals surface area contributed by atoms with Crippen LogP contribution in [0.25, 0.3) is 11.6 Å². The number of alkyl halides is 3. The van der Waals surface area contributed by atoms with E-state index in [-0.39, 0.29) is 16.5 Å². The topological polar surface area (TPSA) is 91.1 Å². The van der Waals surface area contributed by atoms with Gasteiger partial charge in [-0.3, -0.25) is 9.52 Å². The minimum Gasteiger partial charge on any atom is -0.358 e. The molecule has 182 valence electrons. The second-order valence-corrected chi connectivity index (χ2v) is 10.4. The van der Waals surface area contributed by atoms with E-state index in [0.717, 1.165) is 61.2 Å². The maximum Gasteiger partial charge on any atom is 0.416 e. The second-order valence-electron chi connectivity index (χ2n) is 8.73. The zero-order chi connectivity index (χ0) is 25.0.